The molecule has 0 spiro atoms. The van der Waals surface area contributed by atoms with Gasteiger partial charge >= 0.3 is 0 Å². The molecule has 7 heteroatoms. The van der Waals surface area contributed by atoms with Crippen LogP contribution in [0.15, 0.2) is 41.3 Å². The number of thiophene rings is 1. The van der Waals surface area contributed by atoms with Crippen LogP contribution in [0.5, 0.6) is 0 Å². The van der Waals surface area contributed by atoms with Crippen LogP contribution in [0, 0.1) is 0 Å². The van der Waals surface area contributed by atoms with Crippen molar-refractivity contribution in [2.45, 2.75) is 17.9 Å². The Morgan fingerprint density at radius 1 is 1.24 bits per heavy atom. The Labute approximate surface area is 134 Å². The van der Waals surface area contributed by atoms with Gasteiger partial charge in [-0.3, -0.25) is 0 Å². The molecule has 1 aromatic carbocycles. The lowest BCUT2D eigenvalue weighted by Crippen LogP contribution is -2.22. The Hall–Kier alpha value is -1.08. The number of anilines is 1. The Morgan fingerprint density at radius 3 is 2.52 bits per heavy atom. The van der Waals surface area contributed by atoms with Gasteiger partial charge in [-0.25, -0.2) is 12.7 Å². The quantitative estimate of drug-likeness (QED) is 0.896. The van der Waals surface area contributed by atoms with Gasteiger partial charge in [0, 0.05) is 24.7 Å². The molecule has 1 atom stereocenters. The van der Waals surface area contributed by atoms with Crippen LogP contribution in [0.3, 0.4) is 0 Å². The van der Waals surface area contributed by atoms with Crippen LogP contribution in [0.25, 0.3) is 0 Å². The summed E-state index contributed by atoms with van der Waals surface area (Å²) >= 11 is 7.44. The molecule has 2 rings (SSSR count). The van der Waals surface area contributed by atoms with Gasteiger partial charge < -0.3 is 5.32 Å². The summed E-state index contributed by atoms with van der Waals surface area (Å²) in [5.41, 5.74) is 0.759. The number of hydrogen-bond acceptors (Lipinski definition) is 4. The molecule has 2 aromatic rings. The first-order chi connectivity index (χ1) is 9.80. The van der Waals surface area contributed by atoms with Gasteiger partial charge in [0.05, 0.1) is 15.3 Å². The van der Waals surface area contributed by atoms with Crippen molar-refractivity contribution in [1.82, 2.24) is 4.31 Å². The van der Waals surface area contributed by atoms with Gasteiger partial charge in [0.25, 0.3) is 0 Å². The van der Waals surface area contributed by atoms with E-state index in [9.17, 15) is 8.42 Å². The number of nitrogens with one attached hydrogen (secondary N) is 1. The maximum atomic E-state index is 12.1. The van der Waals surface area contributed by atoms with Crippen molar-refractivity contribution in [2.24, 2.45) is 0 Å². The topological polar surface area (TPSA) is 49.4 Å². The van der Waals surface area contributed by atoms with E-state index in [4.69, 9.17) is 11.6 Å². The Balaban J connectivity index is 2.22. The van der Waals surface area contributed by atoms with Crippen LogP contribution in [0.4, 0.5) is 5.69 Å². The molecule has 4 nitrogen and oxygen atoms in total. The molecular weight excluding hydrogens is 328 g/mol. The fraction of sp³-hybridized carbons (Fsp3) is 0.286. The zero-order valence-electron chi connectivity index (χ0n) is 12.0. The largest absolute Gasteiger partial charge is 0.378 e. The Morgan fingerprint density at radius 2 is 1.95 bits per heavy atom. The van der Waals surface area contributed by atoms with Crippen molar-refractivity contribution < 1.29 is 8.42 Å². The molecule has 1 aromatic heterocycles. The average molecular weight is 345 g/mol. The van der Waals surface area contributed by atoms with E-state index < -0.39 is 10.0 Å². The summed E-state index contributed by atoms with van der Waals surface area (Å²) < 4.78 is 26.2. The first-order valence-corrected chi connectivity index (χ1v) is 8.98. The number of nitrogens with zero attached hydrogens (tertiary/aromatic N) is 1. The maximum Gasteiger partial charge on any atom is 0.242 e. The van der Waals surface area contributed by atoms with Crippen molar-refractivity contribution in [3.63, 3.8) is 0 Å². The van der Waals surface area contributed by atoms with Crippen molar-refractivity contribution >= 4 is 38.6 Å². The monoisotopic (exact) mass is 344 g/mol. The van der Waals surface area contributed by atoms with Crippen molar-refractivity contribution in [3.05, 3.63) is 45.6 Å². The summed E-state index contributed by atoms with van der Waals surface area (Å²) in [5.74, 6) is 0. The van der Waals surface area contributed by atoms with Gasteiger partial charge in [0.2, 0.25) is 10.0 Å². The third kappa shape index (κ3) is 3.77. The first-order valence-electron chi connectivity index (χ1n) is 6.35. The summed E-state index contributed by atoms with van der Waals surface area (Å²) in [4.78, 5) is 1.37. The van der Waals surface area contributed by atoms with E-state index in [2.05, 4.69) is 5.32 Å². The Kier molecular flexibility index (Phi) is 4.93. The van der Waals surface area contributed by atoms with Gasteiger partial charge in [0.1, 0.15) is 0 Å². The number of sulfonamides is 1. The normalized spacial score (nSPS) is 13.4. The van der Waals surface area contributed by atoms with Crippen LogP contribution in [-0.4, -0.2) is 26.8 Å². The Bertz CT molecular complexity index is 726. The fourth-order valence-electron chi connectivity index (χ4n) is 1.84. The minimum Gasteiger partial charge on any atom is -0.378 e. The first kappa shape index (κ1) is 16.3. The smallest absolute Gasteiger partial charge is 0.242 e. The van der Waals surface area contributed by atoms with Crippen LogP contribution in [-0.2, 0) is 10.0 Å². The predicted molar refractivity (Wildman–Crippen MR) is 88.7 cm³/mol. The van der Waals surface area contributed by atoms with E-state index in [1.54, 1.807) is 18.2 Å². The van der Waals surface area contributed by atoms with E-state index in [1.165, 1.54) is 29.7 Å². The van der Waals surface area contributed by atoms with Gasteiger partial charge in [-0.15, -0.1) is 11.3 Å². The van der Waals surface area contributed by atoms with E-state index in [0.29, 0.717) is 0 Å². The summed E-state index contributed by atoms with van der Waals surface area (Å²) in [6.07, 6.45) is 0. The zero-order valence-corrected chi connectivity index (χ0v) is 14.4. The standard InChI is InChI=1S/C14H17ClN2O2S2/c1-10(13-7-8-14(15)20-13)16-11-5-4-6-12(9-11)21(18,19)17(2)3/h4-10,16H,1-3H3. The van der Waals surface area contributed by atoms with Gasteiger partial charge in [-0.2, -0.15) is 0 Å². The van der Waals surface area contributed by atoms with E-state index >= 15 is 0 Å². The third-order valence-electron chi connectivity index (χ3n) is 3.02. The number of benzene rings is 1. The molecule has 1 heterocycles. The van der Waals surface area contributed by atoms with Crippen LogP contribution >= 0.6 is 22.9 Å². The highest BCUT2D eigenvalue weighted by molar-refractivity contribution is 7.89. The van der Waals surface area contributed by atoms with Crippen LogP contribution in [0.2, 0.25) is 4.34 Å². The fourth-order valence-corrected chi connectivity index (χ4v) is 3.85. The number of rotatable bonds is 5. The SMILES string of the molecule is CC(Nc1cccc(S(=O)(=O)N(C)C)c1)c1ccc(Cl)s1. The van der Waals surface area contributed by atoms with Crippen LogP contribution < -0.4 is 5.32 Å². The predicted octanol–water partition coefficient (Wildman–Crippen LogP) is 3.82. The number of hydrogen-bond donors (Lipinski definition) is 1. The van der Waals surface area contributed by atoms with Gasteiger partial charge in [0.15, 0.2) is 0 Å². The molecule has 0 aliphatic rings. The highest BCUT2D eigenvalue weighted by Crippen LogP contribution is 2.29. The summed E-state index contributed by atoms with van der Waals surface area (Å²) in [6, 6.07) is 10.7. The van der Waals surface area contributed by atoms with E-state index in [1.807, 2.05) is 25.1 Å². The molecular formula is C14H17ClN2O2S2. The molecule has 0 bridgehead atoms. The van der Waals surface area contributed by atoms with Gasteiger partial charge in [-0.1, -0.05) is 17.7 Å². The average Bonchev–Trinajstić information content (AvgIpc) is 2.85. The molecule has 1 unspecified atom stereocenters. The minimum absolute atomic E-state index is 0.0554. The van der Waals surface area contributed by atoms with Crippen molar-refractivity contribution in [3.8, 4) is 0 Å². The van der Waals surface area contributed by atoms with Gasteiger partial charge in [-0.05, 0) is 37.3 Å². The summed E-state index contributed by atoms with van der Waals surface area (Å²) in [5, 5.41) is 3.29. The molecule has 21 heavy (non-hydrogen) atoms. The summed E-state index contributed by atoms with van der Waals surface area (Å²) in [7, 11) is -0.382. The summed E-state index contributed by atoms with van der Waals surface area (Å²) in [6.45, 7) is 2.01. The van der Waals surface area contributed by atoms with Crippen molar-refractivity contribution in [1.29, 1.82) is 0 Å². The lowest BCUT2D eigenvalue weighted by atomic mass is 10.2. The minimum atomic E-state index is -3.42. The lowest BCUT2D eigenvalue weighted by molar-refractivity contribution is 0.521. The highest BCUT2D eigenvalue weighted by Gasteiger charge is 2.17. The second-order valence-corrected chi connectivity index (χ2v) is 8.72. The lowest BCUT2D eigenvalue weighted by Gasteiger charge is -2.16. The molecule has 0 aliphatic heterocycles. The number of halogens is 1. The third-order valence-corrected chi connectivity index (χ3v) is 6.24. The molecule has 114 valence electrons. The molecule has 0 fully saturated rings. The second kappa shape index (κ2) is 6.36. The van der Waals surface area contributed by atoms with E-state index in [0.717, 1.165) is 14.9 Å². The molecule has 0 amide bonds. The molecule has 0 saturated carbocycles. The molecule has 0 saturated heterocycles. The highest BCUT2D eigenvalue weighted by atomic mass is 35.5. The van der Waals surface area contributed by atoms with Crippen LogP contribution in [0.1, 0.15) is 17.8 Å². The zero-order chi connectivity index (χ0) is 15.6. The van der Waals surface area contributed by atoms with E-state index in [-0.39, 0.29) is 10.9 Å². The second-order valence-electron chi connectivity index (χ2n) is 4.82. The molecule has 0 radical (unpaired) electrons. The molecule has 1 N–H and O–H groups in total. The maximum absolute atomic E-state index is 12.1. The molecule has 0 aliphatic carbocycles. The van der Waals surface area contributed by atoms with Crippen molar-refractivity contribution in [2.75, 3.05) is 19.4 Å².